The van der Waals surface area contributed by atoms with Crippen LogP contribution in [0.15, 0.2) is 18.2 Å². The Morgan fingerprint density at radius 3 is 1.80 bits per heavy atom. The van der Waals surface area contributed by atoms with Gasteiger partial charge in [-0.3, -0.25) is 4.79 Å². The van der Waals surface area contributed by atoms with Gasteiger partial charge in [0.25, 0.3) is 0 Å². The maximum atomic E-state index is 11.3. The lowest BCUT2D eigenvalue weighted by molar-refractivity contribution is -0.114. The summed E-state index contributed by atoms with van der Waals surface area (Å²) in [7, 11) is 0. The zero-order valence-corrected chi connectivity index (χ0v) is 19.0. The molecule has 0 aliphatic carbocycles. The molecule has 0 aliphatic heterocycles. The first kappa shape index (κ1) is 26.0. The number of nitrogens with one attached hydrogen (secondary N) is 1. The Balaban J connectivity index is 2.07. The molecule has 5 nitrogen and oxygen atoms in total. The van der Waals surface area contributed by atoms with E-state index >= 15 is 0 Å². The van der Waals surface area contributed by atoms with Crippen LogP contribution < -0.4 is 10.1 Å². The molecule has 5 heteroatoms. The first-order valence-electron chi connectivity index (χ1n) is 11.8. The molecule has 0 aromatic heterocycles. The van der Waals surface area contributed by atoms with Gasteiger partial charge in [0.15, 0.2) is 0 Å². The summed E-state index contributed by atoms with van der Waals surface area (Å²) in [5, 5.41) is 11.7. The van der Waals surface area contributed by atoms with Gasteiger partial charge in [-0.25, -0.2) is 4.79 Å². The molecular formula is C25H41NO4. The maximum absolute atomic E-state index is 11.3. The lowest BCUT2D eigenvalue weighted by Gasteiger charge is -2.12. The lowest BCUT2D eigenvalue weighted by Crippen LogP contribution is -2.10. The van der Waals surface area contributed by atoms with E-state index in [4.69, 9.17) is 9.84 Å². The number of hydrogen-bond acceptors (Lipinski definition) is 3. The molecule has 0 unspecified atom stereocenters. The molecule has 30 heavy (non-hydrogen) atoms. The maximum Gasteiger partial charge on any atom is 0.335 e. The van der Waals surface area contributed by atoms with Crippen molar-refractivity contribution in [3.63, 3.8) is 0 Å². The summed E-state index contributed by atoms with van der Waals surface area (Å²) in [6.45, 7) is 4.22. The number of ether oxygens (including phenoxy) is 1. The van der Waals surface area contributed by atoms with Gasteiger partial charge in [0.2, 0.25) is 5.91 Å². The van der Waals surface area contributed by atoms with Gasteiger partial charge >= 0.3 is 5.97 Å². The molecule has 0 atom stereocenters. The Labute approximate surface area is 182 Å². The van der Waals surface area contributed by atoms with Gasteiger partial charge in [0.05, 0.1) is 17.9 Å². The Kier molecular flexibility index (Phi) is 14.5. The van der Waals surface area contributed by atoms with Crippen LogP contribution in [0, 0.1) is 0 Å². The monoisotopic (exact) mass is 419 g/mol. The van der Waals surface area contributed by atoms with Gasteiger partial charge in [-0.2, -0.15) is 0 Å². The summed E-state index contributed by atoms with van der Waals surface area (Å²) >= 11 is 0. The third-order valence-electron chi connectivity index (χ3n) is 5.29. The molecule has 0 saturated carbocycles. The van der Waals surface area contributed by atoms with Gasteiger partial charge in [-0.15, -0.1) is 0 Å². The Morgan fingerprint density at radius 2 is 1.33 bits per heavy atom. The predicted molar refractivity (Wildman–Crippen MR) is 124 cm³/mol. The van der Waals surface area contributed by atoms with E-state index in [1.54, 1.807) is 6.07 Å². The largest absolute Gasteiger partial charge is 0.491 e. The number of hydrogen-bond donors (Lipinski definition) is 2. The lowest BCUT2D eigenvalue weighted by atomic mass is 10.0. The number of carboxylic acids is 1. The van der Waals surface area contributed by atoms with Crippen LogP contribution in [0.2, 0.25) is 0 Å². The molecule has 170 valence electrons. The number of benzene rings is 1. The summed E-state index contributed by atoms with van der Waals surface area (Å²) < 4.78 is 5.77. The molecule has 0 saturated heterocycles. The van der Waals surface area contributed by atoms with E-state index in [0.29, 0.717) is 18.0 Å². The van der Waals surface area contributed by atoms with E-state index in [1.165, 1.54) is 96.1 Å². The SMILES string of the molecule is CCCCCCCCCCCCCCCCOc1ccc(C(=O)O)cc1NC(C)=O. The normalized spacial score (nSPS) is 10.7. The van der Waals surface area contributed by atoms with Crippen molar-refractivity contribution < 1.29 is 19.4 Å². The van der Waals surface area contributed by atoms with Crippen LogP contribution in [-0.4, -0.2) is 23.6 Å². The minimum Gasteiger partial charge on any atom is -0.491 e. The third kappa shape index (κ3) is 12.5. The molecule has 1 aromatic carbocycles. The highest BCUT2D eigenvalue weighted by molar-refractivity contribution is 5.94. The minimum absolute atomic E-state index is 0.127. The molecule has 1 rings (SSSR count). The molecular weight excluding hydrogens is 378 g/mol. The fourth-order valence-electron chi connectivity index (χ4n) is 3.55. The zero-order chi connectivity index (χ0) is 22.0. The van der Waals surface area contributed by atoms with E-state index < -0.39 is 5.97 Å². The average Bonchev–Trinajstić information content (AvgIpc) is 2.71. The predicted octanol–water partition coefficient (Wildman–Crippen LogP) is 7.20. The highest BCUT2D eigenvalue weighted by atomic mass is 16.5. The molecule has 0 aliphatic rings. The molecule has 0 heterocycles. The van der Waals surface area contributed by atoms with E-state index in [9.17, 15) is 9.59 Å². The van der Waals surface area contributed by atoms with Crippen molar-refractivity contribution in [2.75, 3.05) is 11.9 Å². The first-order valence-corrected chi connectivity index (χ1v) is 11.8. The standard InChI is InChI=1S/C25H41NO4/c1-3-4-5-6-7-8-9-10-11-12-13-14-15-16-19-30-24-18-17-22(25(28)29)20-23(24)26-21(2)27/h17-18,20H,3-16,19H2,1-2H3,(H,26,27)(H,28,29). The van der Waals surface area contributed by atoms with E-state index in [1.807, 2.05) is 0 Å². The van der Waals surface area contributed by atoms with Crippen molar-refractivity contribution in [3.8, 4) is 5.75 Å². The second-order valence-electron chi connectivity index (χ2n) is 8.14. The van der Waals surface area contributed by atoms with Crippen molar-refractivity contribution >= 4 is 17.6 Å². The average molecular weight is 420 g/mol. The van der Waals surface area contributed by atoms with Crippen molar-refractivity contribution in [2.45, 2.75) is 104 Å². The van der Waals surface area contributed by atoms with Crippen molar-refractivity contribution in [1.29, 1.82) is 0 Å². The highest BCUT2D eigenvalue weighted by Crippen LogP contribution is 2.26. The van der Waals surface area contributed by atoms with E-state index in [0.717, 1.165) is 12.8 Å². The Morgan fingerprint density at radius 1 is 0.833 bits per heavy atom. The summed E-state index contributed by atoms with van der Waals surface area (Å²) in [5.74, 6) is -0.760. The summed E-state index contributed by atoms with van der Waals surface area (Å²) in [4.78, 5) is 22.4. The Hall–Kier alpha value is -2.04. The van der Waals surface area contributed by atoms with Crippen molar-refractivity contribution in [3.05, 3.63) is 23.8 Å². The third-order valence-corrected chi connectivity index (χ3v) is 5.29. The van der Waals surface area contributed by atoms with Crippen LogP contribution >= 0.6 is 0 Å². The smallest absolute Gasteiger partial charge is 0.335 e. The number of carbonyl (C=O) groups is 2. The van der Waals surface area contributed by atoms with Gasteiger partial charge in [-0.1, -0.05) is 90.4 Å². The van der Waals surface area contributed by atoms with Crippen molar-refractivity contribution in [1.82, 2.24) is 0 Å². The van der Waals surface area contributed by atoms with E-state index in [-0.39, 0.29) is 11.5 Å². The number of amides is 1. The van der Waals surface area contributed by atoms with Gasteiger partial charge in [0, 0.05) is 6.92 Å². The number of rotatable bonds is 18. The number of aromatic carboxylic acids is 1. The second kappa shape index (κ2) is 16.7. The first-order chi connectivity index (χ1) is 14.5. The molecule has 1 amide bonds. The molecule has 0 spiro atoms. The van der Waals surface area contributed by atoms with Crippen LogP contribution in [0.3, 0.4) is 0 Å². The minimum atomic E-state index is -1.03. The fourth-order valence-corrected chi connectivity index (χ4v) is 3.55. The van der Waals surface area contributed by atoms with Crippen LogP contribution in [0.4, 0.5) is 5.69 Å². The van der Waals surface area contributed by atoms with Crippen molar-refractivity contribution in [2.24, 2.45) is 0 Å². The van der Waals surface area contributed by atoms with Crippen LogP contribution in [0.5, 0.6) is 5.75 Å². The fraction of sp³-hybridized carbons (Fsp3) is 0.680. The highest BCUT2D eigenvalue weighted by Gasteiger charge is 2.10. The van der Waals surface area contributed by atoms with Crippen LogP contribution in [0.1, 0.15) is 114 Å². The molecule has 0 radical (unpaired) electrons. The van der Waals surface area contributed by atoms with Crippen LogP contribution in [-0.2, 0) is 4.79 Å². The Bertz CT molecular complexity index is 615. The number of anilines is 1. The quantitative estimate of drug-likeness (QED) is 0.247. The topological polar surface area (TPSA) is 75.6 Å². The number of carbonyl (C=O) groups excluding carboxylic acids is 1. The summed E-state index contributed by atoms with van der Waals surface area (Å²) in [6.07, 6.45) is 18.3. The summed E-state index contributed by atoms with van der Waals surface area (Å²) in [6, 6.07) is 4.54. The van der Waals surface area contributed by atoms with Crippen LogP contribution in [0.25, 0.3) is 0 Å². The molecule has 1 aromatic rings. The molecule has 0 fully saturated rings. The van der Waals surface area contributed by atoms with E-state index in [2.05, 4.69) is 12.2 Å². The molecule has 0 bridgehead atoms. The second-order valence-corrected chi connectivity index (χ2v) is 8.14. The zero-order valence-electron chi connectivity index (χ0n) is 19.0. The van der Waals surface area contributed by atoms with Gasteiger partial charge in [0.1, 0.15) is 5.75 Å². The summed E-state index contributed by atoms with van der Waals surface area (Å²) in [5.41, 5.74) is 0.537. The van der Waals surface area contributed by atoms with Gasteiger partial charge < -0.3 is 15.2 Å². The van der Waals surface area contributed by atoms with Gasteiger partial charge in [-0.05, 0) is 24.6 Å². The molecule has 2 N–H and O–H groups in total. The number of unbranched alkanes of at least 4 members (excludes halogenated alkanes) is 13. The number of carboxylic acid groups (broad SMARTS) is 1.